The summed E-state index contributed by atoms with van der Waals surface area (Å²) in [7, 11) is 0. The molecule has 4 aromatic carbocycles. The zero-order valence-corrected chi connectivity index (χ0v) is 23.9. The van der Waals surface area contributed by atoms with Gasteiger partial charge in [0, 0.05) is 29.6 Å². The quantitative estimate of drug-likeness (QED) is 0.158. The number of imide groups is 1. The van der Waals surface area contributed by atoms with Crippen molar-refractivity contribution in [2.45, 2.75) is 24.5 Å². The van der Waals surface area contributed by atoms with Gasteiger partial charge >= 0.3 is 5.97 Å². The predicted octanol–water partition coefficient (Wildman–Crippen LogP) is 5.85. The molecule has 3 heterocycles. The van der Waals surface area contributed by atoms with Gasteiger partial charge < -0.3 is 10.1 Å². The molecule has 3 N–H and O–H groups in total. The Morgan fingerprint density at radius 2 is 1.43 bits per heavy atom. The predicted molar refractivity (Wildman–Crippen MR) is 169 cm³/mol. The third kappa shape index (κ3) is 4.71. The Kier molecular flexibility index (Phi) is 6.95. The van der Waals surface area contributed by atoms with Crippen molar-refractivity contribution < 1.29 is 19.5 Å². The fourth-order valence-corrected chi connectivity index (χ4v) is 6.86. The summed E-state index contributed by atoms with van der Waals surface area (Å²) in [6.45, 7) is 0.101. The van der Waals surface area contributed by atoms with Crippen LogP contribution in [-0.2, 0) is 27.3 Å². The summed E-state index contributed by atoms with van der Waals surface area (Å²) in [6.07, 6.45) is 5.88. The van der Waals surface area contributed by atoms with Gasteiger partial charge in [-0.15, -0.1) is 0 Å². The minimum absolute atomic E-state index is 0.0418. The second-order valence-electron chi connectivity index (χ2n) is 11.6. The highest BCUT2D eigenvalue weighted by Gasteiger charge is 2.68. The topological polar surface area (TPSA) is 102 Å². The fraction of sp³-hybridized carbons (Fsp3) is 0.162. The molecule has 0 bridgehead atoms. The fourth-order valence-electron chi connectivity index (χ4n) is 6.86. The van der Waals surface area contributed by atoms with E-state index in [-0.39, 0.29) is 18.9 Å². The van der Waals surface area contributed by atoms with Crippen LogP contribution in [0.4, 0.5) is 0 Å². The summed E-state index contributed by atoms with van der Waals surface area (Å²) in [6, 6.07) is 34.1. The molecule has 2 aliphatic rings. The molecule has 4 atom stereocenters. The van der Waals surface area contributed by atoms with Crippen LogP contribution in [0.5, 0.6) is 0 Å². The standard InChI is InChI=1S/C37H31N3O4/c41-34-31-32(35(42)40(34)23-26-11-5-2-6-12-26)37(36(43)44,21-28-22-38-30-14-8-7-13-29(28)30)39-33(31)27-19-17-25(18-20-27)16-15-24-9-3-1-4-10-24/h1-20,22,31-33,38-39H,21,23H2,(H,43,44). The molecule has 7 rings (SSSR count). The molecule has 2 saturated heterocycles. The number of carbonyl (C=O) groups excluding carboxylic acids is 2. The SMILES string of the molecule is O=C1C2C(c3ccc(C=Cc4ccccc4)cc3)NC(Cc3c[nH]c4ccccc34)(C(=O)O)C2C(=O)N1Cc1ccccc1. The number of nitrogens with one attached hydrogen (secondary N) is 2. The minimum Gasteiger partial charge on any atom is -0.480 e. The number of aromatic amines is 1. The molecule has 1 aromatic heterocycles. The van der Waals surface area contributed by atoms with Crippen molar-refractivity contribution in [3.05, 3.63) is 143 Å². The summed E-state index contributed by atoms with van der Waals surface area (Å²) in [4.78, 5) is 46.0. The Morgan fingerprint density at radius 1 is 0.795 bits per heavy atom. The van der Waals surface area contributed by atoms with Gasteiger partial charge in [0.05, 0.1) is 18.4 Å². The lowest BCUT2D eigenvalue weighted by Crippen LogP contribution is -2.57. The van der Waals surface area contributed by atoms with Crippen molar-refractivity contribution in [1.29, 1.82) is 0 Å². The van der Waals surface area contributed by atoms with Crippen LogP contribution < -0.4 is 5.32 Å². The Bertz CT molecular complexity index is 1880. The second kappa shape index (κ2) is 11.1. The van der Waals surface area contributed by atoms with Gasteiger partial charge in [0.15, 0.2) is 0 Å². The van der Waals surface area contributed by atoms with Crippen molar-refractivity contribution in [2.24, 2.45) is 11.8 Å². The second-order valence-corrected chi connectivity index (χ2v) is 11.6. The number of nitrogens with zero attached hydrogens (tertiary/aromatic N) is 1. The number of likely N-dealkylation sites (tertiary alicyclic amines) is 1. The summed E-state index contributed by atoms with van der Waals surface area (Å²) in [5.74, 6) is -3.89. The largest absolute Gasteiger partial charge is 0.480 e. The number of aliphatic carboxylic acids is 1. The number of carboxylic acid groups (broad SMARTS) is 1. The van der Waals surface area contributed by atoms with Crippen molar-refractivity contribution in [1.82, 2.24) is 15.2 Å². The highest BCUT2D eigenvalue weighted by atomic mass is 16.4. The van der Waals surface area contributed by atoms with Crippen molar-refractivity contribution in [3.8, 4) is 0 Å². The number of fused-ring (bicyclic) bond motifs is 2. The van der Waals surface area contributed by atoms with E-state index in [2.05, 4.69) is 10.3 Å². The smallest absolute Gasteiger partial charge is 0.325 e. The van der Waals surface area contributed by atoms with E-state index in [9.17, 15) is 19.5 Å². The Balaban J connectivity index is 1.27. The zero-order valence-electron chi connectivity index (χ0n) is 23.9. The summed E-state index contributed by atoms with van der Waals surface area (Å²) < 4.78 is 0. The molecule has 2 aliphatic heterocycles. The van der Waals surface area contributed by atoms with Gasteiger partial charge in [0.2, 0.25) is 11.8 Å². The van der Waals surface area contributed by atoms with Crippen molar-refractivity contribution >= 4 is 40.8 Å². The lowest BCUT2D eigenvalue weighted by atomic mass is 9.76. The molecule has 0 saturated carbocycles. The van der Waals surface area contributed by atoms with Crippen LogP contribution in [0.3, 0.4) is 0 Å². The average molecular weight is 582 g/mol. The number of amides is 2. The average Bonchev–Trinajstić information content (AvgIpc) is 3.70. The van der Waals surface area contributed by atoms with Gasteiger partial charge in [-0.2, -0.15) is 0 Å². The van der Waals surface area contributed by atoms with E-state index in [4.69, 9.17) is 0 Å². The maximum Gasteiger partial charge on any atom is 0.325 e. The van der Waals surface area contributed by atoms with Gasteiger partial charge in [-0.05, 0) is 33.9 Å². The molecule has 2 amide bonds. The highest BCUT2D eigenvalue weighted by molar-refractivity contribution is 6.09. The molecule has 218 valence electrons. The summed E-state index contributed by atoms with van der Waals surface area (Å²) in [5, 5.41) is 15.1. The number of hydrogen-bond acceptors (Lipinski definition) is 4. The maximum atomic E-state index is 14.1. The number of benzene rings is 4. The van der Waals surface area contributed by atoms with E-state index in [1.807, 2.05) is 121 Å². The van der Waals surface area contributed by atoms with Gasteiger partial charge in [-0.25, -0.2) is 0 Å². The Labute approximate surface area is 254 Å². The third-order valence-electron chi connectivity index (χ3n) is 9.02. The first-order valence-corrected chi connectivity index (χ1v) is 14.7. The van der Waals surface area contributed by atoms with Gasteiger partial charge in [-0.1, -0.05) is 115 Å². The molecular formula is C37H31N3O4. The van der Waals surface area contributed by atoms with Gasteiger partial charge in [0.25, 0.3) is 0 Å². The van der Waals surface area contributed by atoms with E-state index in [1.165, 1.54) is 4.90 Å². The number of carbonyl (C=O) groups is 3. The number of aromatic nitrogens is 1. The molecule has 4 unspecified atom stereocenters. The van der Waals surface area contributed by atoms with Gasteiger partial charge in [-0.3, -0.25) is 24.6 Å². The van der Waals surface area contributed by atoms with Crippen LogP contribution in [-0.4, -0.2) is 38.3 Å². The van der Waals surface area contributed by atoms with Crippen LogP contribution in [0.2, 0.25) is 0 Å². The number of carboxylic acids is 1. The molecular weight excluding hydrogens is 550 g/mol. The van der Waals surface area contributed by atoms with Crippen molar-refractivity contribution in [3.63, 3.8) is 0 Å². The molecule has 7 nitrogen and oxygen atoms in total. The Hall–Kier alpha value is -5.27. The lowest BCUT2D eigenvalue weighted by molar-refractivity contribution is -0.151. The first-order valence-electron chi connectivity index (χ1n) is 14.7. The van der Waals surface area contributed by atoms with E-state index in [0.29, 0.717) is 0 Å². The molecule has 5 aromatic rings. The third-order valence-corrected chi connectivity index (χ3v) is 9.02. The monoisotopic (exact) mass is 581 g/mol. The summed E-state index contributed by atoms with van der Waals surface area (Å²) >= 11 is 0. The zero-order chi connectivity index (χ0) is 30.3. The molecule has 0 spiro atoms. The number of para-hydroxylation sites is 1. The molecule has 44 heavy (non-hydrogen) atoms. The van der Waals surface area contributed by atoms with Crippen LogP contribution in [0, 0.1) is 11.8 Å². The first kappa shape index (κ1) is 27.6. The lowest BCUT2D eigenvalue weighted by Gasteiger charge is -2.31. The Morgan fingerprint density at radius 3 is 2.14 bits per heavy atom. The number of rotatable bonds is 8. The first-order chi connectivity index (χ1) is 21.4. The molecule has 0 aliphatic carbocycles. The van der Waals surface area contributed by atoms with Crippen LogP contribution in [0.15, 0.2) is 115 Å². The normalized spacial score (nSPS) is 23.1. The summed E-state index contributed by atoms with van der Waals surface area (Å²) in [5.41, 5.74) is 3.59. The number of H-pyrrole nitrogens is 1. The van der Waals surface area contributed by atoms with Gasteiger partial charge in [0.1, 0.15) is 5.54 Å². The highest BCUT2D eigenvalue weighted by Crippen LogP contribution is 2.50. The van der Waals surface area contributed by atoms with E-state index in [0.717, 1.165) is 38.7 Å². The van der Waals surface area contributed by atoms with Crippen LogP contribution >= 0.6 is 0 Å². The van der Waals surface area contributed by atoms with E-state index in [1.54, 1.807) is 6.20 Å². The van der Waals surface area contributed by atoms with Crippen molar-refractivity contribution in [2.75, 3.05) is 0 Å². The minimum atomic E-state index is -1.69. The molecule has 7 heteroatoms. The molecule has 0 radical (unpaired) electrons. The maximum absolute atomic E-state index is 14.1. The number of hydrogen-bond donors (Lipinski definition) is 3. The van der Waals surface area contributed by atoms with Crippen LogP contribution in [0.25, 0.3) is 23.1 Å². The van der Waals surface area contributed by atoms with Crippen LogP contribution in [0.1, 0.15) is 33.9 Å². The molecule has 2 fully saturated rings. The van der Waals surface area contributed by atoms with E-state index >= 15 is 0 Å². The van der Waals surface area contributed by atoms with E-state index < -0.39 is 35.3 Å².